The molecule has 0 saturated heterocycles. The fourth-order valence-electron chi connectivity index (χ4n) is 5.66. The molecule has 4 N–H and O–H groups in total. The first-order valence-electron chi connectivity index (χ1n) is 13.4. The number of carboxylic acid groups (broad SMARTS) is 1. The molecule has 4 rings (SSSR count). The van der Waals surface area contributed by atoms with Crippen molar-refractivity contribution in [2.75, 3.05) is 10.6 Å². The molecule has 0 heterocycles. The van der Waals surface area contributed by atoms with Gasteiger partial charge in [-0.25, -0.2) is 4.79 Å². The van der Waals surface area contributed by atoms with Crippen molar-refractivity contribution in [1.29, 1.82) is 0 Å². The molecule has 0 radical (unpaired) electrons. The maximum Gasteiger partial charge on any atom is 0.335 e. The third kappa shape index (κ3) is 5.82. The van der Waals surface area contributed by atoms with Crippen molar-refractivity contribution in [2.45, 2.75) is 51.6 Å². The van der Waals surface area contributed by atoms with E-state index in [4.69, 9.17) is 0 Å². The molecule has 1 saturated carbocycles. The smallest absolute Gasteiger partial charge is 0.335 e. The van der Waals surface area contributed by atoms with Crippen LogP contribution in [0.2, 0.25) is 0 Å². The Morgan fingerprint density at radius 1 is 0.825 bits per heavy atom. The van der Waals surface area contributed by atoms with E-state index in [1.165, 1.54) is 31.2 Å². The summed E-state index contributed by atoms with van der Waals surface area (Å²) in [5.41, 5.74) is 1.60. The summed E-state index contributed by atoms with van der Waals surface area (Å²) in [7, 11) is 0. The van der Waals surface area contributed by atoms with E-state index < -0.39 is 53.3 Å². The number of hydrogen-bond donors (Lipinski definition) is 4. The van der Waals surface area contributed by atoms with Crippen molar-refractivity contribution >= 4 is 34.9 Å². The summed E-state index contributed by atoms with van der Waals surface area (Å²) in [6.07, 6.45) is 0.932. The van der Waals surface area contributed by atoms with Crippen LogP contribution in [0.1, 0.15) is 60.2 Å². The molecule has 0 bridgehead atoms. The van der Waals surface area contributed by atoms with Gasteiger partial charge in [-0.1, -0.05) is 62.4 Å². The monoisotopic (exact) mass is 542 g/mol. The van der Waals surface area contributed by atoms with Gasteiger partial charge >= 0.3 is 5.97 Å². The summed E-state index contributed by atoms with van der Waals surface area (Å²) in [5.74, 6) is -6.28. The molecule has 0 aliphatic heterocycles. The highest BCUT2D eigenvalue weighted by molar-refractivity contribution is 6.10. The Morgan fingerprint density at radius 2 is 1.32 bits per heavy atom. The summed E-state index contributed by atoms with van der Waals surface area (Å²) in [6, 6.07) is 20.3. The number of hydrogen-bond acceptors (Lipinski definition) is 5. The molecular formula is C32H34N2O6. The van der Waals surface area contributed by atoms with Gasteiger partial charge in [0.25, 0.3) is 0 Å². The number of para-hydroxylation sites is 2. The van der Waals surface area contributed by atoms with E-state index in [0.717, 1.165) is 11.1 Å². The van der Waals surface area contributed by atoms with Crippen molar-refractivity contribution in [2.24, 2.45) is 11.8 Å². The zero-order valence-electron chi connectivity index (χ0n) is 22.8. The Morgan fingerprint density at radius 3 is 1.82 bits per heavy atom. The van der Waals surface area contributed by atoms with Gasteiger partial charge in [0.1, 0.15) is 11.7 Å². The van der Waals surface area contributed by atoms with Crippen molar-refractivity contribution in [3.63, 3.8) is 0 Å². The van der Waals surface area contributed by atoms with Crippen LogP contribution in [0.5, 0.6) is 0 Å². The number of ketones is 1. The predicted octanol–water partition coefficient (Wildman–Crippen LogP) is 4.83. The Balaban J connectivity index is 1.80. The van der Waals surface area contributed by atoms with Crippen LogP contribution in [0.4, 0.5) is 11.4 Å². The molecule has 3 aromatic carbocycles. The fourth-order valence-corrected chi connectivity index (χ4v) is 5.66. The Bertz CT molecular complexity index is 1430. The van der Waals surface area contributed by atoms with E-state index in [0.29, 0.717) is 29.8 Å². The lowest BCUT2D eigenvalue weighted by molar-refractivity contribution is -0.150. The number of aromatic carboxylic acids is 1. The third-order valence-electron chi connectivity index (χ3n) is 7.69. The molecule has 3 aromatic rings. The number of anilines is 2. The zero-order chi connectivity index (χ0) is 29.0. The lowest BCUT2D eigenvalue weighted by Gasteiger charge is -2.44. The highest BCUT2D eigenvalue weighted by Crippen LogP contribution is 2.47. The standard InChI is InChI=1S/C32H34N2O6/c1-4-19-10-6-8-12-23(19)33-29(36)27-25(35)18-32(3,40)28(26(27)21-14-16-22(17-15-21)31(38)39)30(37)34-24-13-9-7-11-20(24)5-2/h6-17,26-28,40H,4-5,18H2,1-3H3,(H,33,36)(H,34,37)(H,38,39). The second kappa shape index (κ2) is 11.8. The van der Waals surface area contributed by atoms with Crippen LogP contribution in [-0.4, -0.2) is 39.4 Å². The minimum atomic E-state index is -1.77. The van der Waals surface area contributed by atoms with E-state index >= 15 is 0 Å². The summed E-state index contributed by atoms with van der Waals surface area (Å²) in [4.78, 5) is 52.8. The van der Waals surface area contributed by atoms with Gasteiger partial charge in [-0.15, -0.1) is 0 Å². The van der Waals surface area contributed by atoms with E-state index in [-0.39, 0.29) is 5.56 Å². The van der Waals surface area contributed by atoms with Crippen molar-refractivity contribution < 1.29 is 29.4 Å². The van der Waals surface area contributed by atoms with Gasteiger partial charge in [0.05, 0.1) is 17.1 Å². The van der Waals surface area contributed by atoms with Gasteiger partial charge in [-0.05, 0) is 60.7 Å². The van der Waals surface area contributed by atoms with E-state index in [1.807, 2.05) is 38.1 Å². The van der Waals surface area contributed by atoms with Crippen LogP contribution in [-0.2, 0) is 27.2 Å². The molecular weight excluding hydrogens is 508 g/mol. The Hall–Kier alpha value is -4.30. The molecule has 2 amide bonds. The van der Waals surface area contributed by atoms with Crippen molar-refractivity contribution in [1.82, 2.24) is 0 Å². The number of nitrogens with one attached hydrogen (secondary N) is 2. The second-order valence-corrected chi connectivity index (χ2v) is 10.4. The molecule has 0 spiro atoms. The second-order valence-electron chi connectivity index (χ2n) is 10.4. The summed E-state index contributed by atoms with van der Waals surface area (Å²) in [6.45, 7) is 5.34. The average molecular weight is 543 g/mol. The van der Waals surface area contributed by atoms with Crippen molar-refractivity contribution in [3.05, 3.63) is 95.1 Å². The molecule has 4 atom stereocenters. The highest BCUT2D eigenvalue weighted by atomic mass is 16.4. The number of carboxylic acids is 1. The van der Waals surface area contributed by atoms with E-state index in [1.54, 1.807) is 24.3 Å². The first-order valence-corrected chi connectivity index (χ1v) is 13.4. The van der Waals surface area contributed by atoms with Gasteiger partial charge in [0, 0.05) is 23.7 Å². The van der Waals surface area contributed by atoms with Crippen LogP contribution in [0.15, 0.2) is 72.8 Å². The van der Waals surface area contributed by atoms with Crippen LogP contribution < -0.4 is 10.6 Å². The molecule has 40 heavy (non-hydrogen) atoms. The Labute approximate surface area is 233 Å². The lowest BCUT2D eigenvalue weighted by atomic mass is 9.61. The maximum atomic E-state index is 13.9. The minimum Gasteiger partial charge on any atom is -0.478 e. The number of benzene rings is 3. The highest BCUT2D eigenvalue weighted by Gasteiger charge is 2.56. The third-order valence-corrected chi connectivity index (χ3v) is 7.69. The first-order chi connectivity index (χ1) is 19.1. The van der Waals surface area contributed by atoms with Crippen LogP contribution in [0.25, 0.3) is 0 Å². The summed E-state index contributed by atoms with van der Waals surface area (Å²) < 4.78 is 0. The lowest BCUT2D eigenvalue weighted by Crippen LogP contribution is -2.56. The topological polar surface area (TPSA) is 133 Å². The van der Waals surface area contributed by atoms with Gasteiger partial charge in [-0.2, -0.15) is 0 Å². The van der Waals surface area contributed by atoms with Gasteiger partial charge in [-0.3, -0.25) is 14.4 Å². The van der Waals surface area contributed by atoms with Gasteiger partial charge < -0.3 is 20.8 Å². The molecule has 8 nitrogen and oxygen atoms in total. The molecule has 0 aromatic heterocycles. The fraction of sp³-hybridized carbons (Fsp3) is 0.312. The number of Topliss-reactive ketones (excluding diaryl/α,β-unsaturated/α-hetero) is 1. The number of carbonyl (C=O) groups excluding carboxylic acids is 3. The summed E-state index contributed by atoms with van der Waals surface area (Å²) >= 11 is 0. The van der Waals surface area contributed by atoms with Crippen molar-refractivity contribution in [3.8, 4) is 0 Å². The molecule has 1 fully saturated rings. The van der Waals surface area contributed by atoms with E-state index in [2.05, 4.69) is 10.6 Å². The first kappa shape index (κ1) is 28.7. The average Bonchev–Trinajstić information content (AvgIpc) is 2.92. The number of rotatable bonds is 8. The molecule has 1 aliphatic rings. The molecule has 1 aliphatic carbocycles. The van der Waals surface area contributed by atoms with Gasteiger partial charge in [0.2, 0.25) is 11.8 Å². The normalized spacial score (nSPS) is 22.4. The summed E-state index contributed by atoms with van der Waals surface area (Å²) in [5, 5.41) is 26.7. The quantitative estimate of drug-likeness (QED) is 0.302. The number of carbonyl (C=O) groups is 4. The van der Waals surface area contributed by atoms with Crippen LogP contribution in [0.3, 0.4) is 0 Å². The maximum absolute atomic E-state index is 13.9. The number of aryl methyl sites for hydroxylation is 2. The number of amides is 2. The molecule has 8 heteroatoms. The SMILES string of the molecule is CCc1ccccc1NC(=O)C1C(=O)CC(C)(O)C(C(=O)Nc2ccccc2CC)C1c1ccc(C(=O)O)cc1. The van der Waals surface area contributed by atoms with Crippen LogP contribution in [0, 0.1) is 11.8 Å². The number of aliphatic hydroxyl groups is 1. The van der Waals surface area contributed by atoms with E-state index in [9.17, 15) is 29.4 Å². The predicted molar refractivity (Wildman–Crippen MR) is 152 cm³/mol. The zero-order valence-corrected chi connectivity index (χ0v) is 22.8. The largest absolute Gasteiger partial charge is 0.478 e. The van der Waals surface area contributed by atoms with Gasteiger partial charge in [0.15, 0.2) is 0 Å². The Kier molecular flexibility index (Phi) is 8.49. The minimum absolute atomic E-state index is 0.0217. The van der Waals surface area contributed by atoms with Crippen LogP contribution >= 0.6 is 0 Å². The molecule has 4 unspecified atom stereocenters. The molecule has 208 valence electrons.